The van der Waals surface area contributed by atoms with Gasteiger partial charge in [-0.05, 0) is 48.4 Å². The normalized spacial score (nSPS) is 15.7. The summed E-state index contributed by atoms with van der Waals surface area (Å²) in [6, 6.07) is 12.2. The van der Waals surface area contributed by atoms with Crippen LogP contribution < -0.4 is 20.5 Å². The molecule has 4 rings (SSSR count). The fraction of sp³-hybridized carbons (Fsp3) is 0.160. The van der Waals surface area contributed by atoms with Crippen molar-refractivity contribution < 1.29 is 29.3 Å². The summed E-state index contributed by atoms with van der Waals surface area (Å²) < 4.78 is 11.9. The molecule has 0 saturated carbocycles. The SMILES string of the molecule is CCOC(=O)C1=c2s/c(=C\c3ccc(O)cc3)c(=O)n2C(N)=C(C(=O)OC)[C@H]1c1ccc(O)cc1. The molecule has 3 aromatic rings. The molecule has 0 unspecified atom stereocenters. The maximum Gasteiger partial charge on any atom is 0.338 e. The molecule has 180 valence electrons. The Morgan fingerprint density at radius 1 is 1.03 bits per heavy atom. The first-order chi connectivity index (χ1) is 16.8. The highest BCUT2D eigenvalue weighted by Crippen LogP contribution is 2.38. The second-order valence-corrected chi connectivity index (χ2v) is 8.63. The molecule has 9 nitrogen and oxygen atoms in total. The molecule has 0 amide bonds. The van der Waals surface area contributed by atoms with Crippen LogP contribution in [0, 0.1) is 0 Å². The van der Waals surface area contributed by atoms with Crippen LogP contribution in [-0.4, -0.2) is 40.4 Å². The minimum Gasteiger partial charge on any atom is -0.508 e. The fourth-order valence-corrected chi connectivity index (χ4v) is 5.05. The quantitative estimate of drug-likeness (QED) is 0.446. The monoisotopic (exact) mass is 494 g/mol. The third kappa shape index (κ3) is 4.31. The molecule has 10 heteroatoms. The minimum atomic E-state index is -0.998. The average Bonchev–Trinajstić information content (AvgIpc) is 3.16. The number of thiazole rings is 1. The smallest absolute Gasteiger partial charge is 0.338 e. The van der Waals surface area contributed by atoms with E-state index in [0.717, 1.165) is 15.9 Å². The van der Waals surface area contributed by atoms with E-state index in [9.17, 15) is 24.6 Å². The van der Waals surface area contributed by atoms with Gasteiger partial charge in [0.2, 0.25) is 0 Å². The molecule has 0 radical (unpaired) electrons. The number of ether oxygens (including phenoxy) is 2. The van der Waals surface area contributed by atoms with Crippen molar-refractivity contribution >= 4 is 40.7 Å². The molecule has 0 bridgehead atoms. The van der Waals surface area contributed by atoms with Gasteiger partial charge in [0.15, 0.2) is 0 Å². The lowest BCUT2D eigenvalue weighted by Crippen LogP contribution is -2.41. The predicted molar refractivity (Wildman–Crippen MR) is 130 cm³/mol. The fourth-order valence-electron chi connectivity index (χ4n) is 3.89. The van der Waals surface area contributed by atoms with E-state index in [0.29, 0.717) is 11.1 Å². The Hall–Kier alpha value is -4.31. The van der Waals surface area contributed by atoms with Crippen molar-refractivity contribution in [2.45, 2.75) is 12.8 Å². The maximum atomic E-state index is 13.4. The minimum absolute atomic E-state index is 0.00219. The van der Waals surface area contributed by atoms with Crippen LogP contribution in [0.4, 0.5) is 0 Å². The Morgan fingerprint density at radius 3 is 2.20 bits per heavy atom. The van der Waals surface area contributed by atoms with Crippen LogP contribution in [-0.2, 0) is 19.1 Å². The molecule has 0 saturated heterocycles. The number of hydrogen-bond donors (Lipinski definition) is 3. The first-order valence-corrected chi connectivity index (χ1v) is 11.4. The topological polar surface area (TPSA) is 141 Å². The van der Waals surface area contributed by atoms with Gasteiger partial charge >= 0.3 is 11.9 Å². The second-order valence-electron chi connectivity index (χ2n) is 7.60. The van der Waals surface area contributed by atoms with E-state index >= 15 is 0 Å². The Labute approximate surface area is 203 Å². The summed E-state index contributed by atoms with van der Waals surface area (Å²) in [5, 5.41) is 19.3. The Kier molecular flexibility index (Phi) is 6.48. The Bertz CT molecular complexity index is 1510. The Morgan fingerprint density at radius 2 is 1.63 bits per heavy atom. The number of nitrogens with two attached hydrogens (primary N) is 1. The molecule has 2 heterocycles. The van der Waals surface area contributed by atoms with Gasteiger partial charge in [-0.1, -0.05) is 24.3 Å². The summed E-state index contributed by atoms with van der Waals surface area (Å²) in [6.07, 6.45) is 1.60. The molecule has 2 aromatic carbocycles. The van der Waals surface area contributed by atoms with Gasteiger partial charge in [-0.2, -0.15) is 0 Å². The van der Waals surface area contributed by atoms with Crippen molar-refractivity contribution in [1.29, 1.82) is 0 Å². The van der Waals surface area contributed by atoms with Crippen molar-refractivity contribution in [3.8, 4) is 11.5 Å². The number of nitrogens with zero attached hydrogens (tertiary/aromatic N) is 1. The van der Waals surface area contributed by atoms with Crippen LogP contribution in [0.25, 0.3) is 17.5 Å². The number of aromatic nitrogens is 1. The molecule has 1 aromatic heterocycles. The van der Waals surface area contributed by atoms with Gasteiger partial charge in [-0.3, -0.25) is 9.36 Å². The number of esters is 2. The molecule has 4 N–H and O–H groups in total. The molecule has 1 aliphatic rings. The van der Waals surface area contributed by atoms with Crippen molar-refractivity contribution in [3.05, 3.63) is 84.8 Å². The average molecular weight is 495 g/mol. The van der Waals surface area contributed by atoms with E-state index in [1.54, 1.807) is 37.3 Å². The first-order valence-electron chi connectivity index (χ1n) is 10.6. The molecule has 0 fully saturated rings. The highest BCUT2D eigenvalue weighted by atomic mass is 32.1. The van der Waals surface area contributed by atoms with E-state index < -0.39 is 23.4 Å². The van der Waals surface area contributed by atoms with Crippen LogP contribution >= 0.6 is 11.3 Å². The summed E-state index contributed by atoms with van der Waals surface area (Å²) in [4.78, 5) is 39.5. The van der Waals surface area contributed by atoms with Crippen LogP contribution in [0.5, 0.6) is 11.5 Å². The number of aromatic hydroxyl groups is 2. The maximum absolute atomic E-state index is 13.4. The van der Waals surface area contributed by atoms with Gasteiger partial charge in [0.05, 0.1) is 35.3 Å². The largest absolute Gasteiger partial charge is 0.508 e. The zero-order valence-corrected chi connectivity index (χ0v) is 19.7. The zero-order valence-electron chi connectivity index (χ0n) is 18.8. The zero-order chi connectivity index (χ0) is 25.3. The predicted octanol–water partition coefficient (Wildman–Crippen LogP) is 0.961. The van der Waals surface area contributed by atoms with Crippen molar-refractivity contribution in [2.75, 3.05) is 13.7 Å². The number of phenolic OH excluding ortho intramolecular Hbond substituents is 2. The van der Waals surface area contributed by atoms with Gasteiger partial charge in [0.1, 0.15) is 22.0 Å². The van der Waals surface area contributed by atoms with E-state index in [1.165, 1.54) is 31.4 Å². The van der Waals surface area contributed by atoms with Crippen molar-refractivity contribution in [3.63, 3.8) is 0 Å². The number of hydrogen-bond acceptors (Lipinski definition) is 9. The number of fused-ring (bicyclic) bond motifs is 1. The van der Waals surface area contributed by atoms with E-state index in [1.807, 2.05) is 0 Å². The number of benzene rings is 2. The van der Waals surface area contributed by atoms with Gasteiger partial charge < -0.3 is 25.4 Å². The highest BCUT2D eigenvalue weighted by Gasteiger charge is 2.39. The number of methoxy groups -OCH3 is 1. The van der Waals surface area contributed by atoms with E-state index in [4.69, 9.17) is 15.2 Å². The lowest BCUT2D eigenvalue weighted by molar-refractivity contribution is -0.136. The lowest BCUT2D eigenvalue weighted by Gasteiger charge is -2.26. The second kappa shape index (κ2) is 9.51. The third-order valence-electron chi connectivity index (χ3n) is 5.47. The van der Waals surface area contributed by atoms with Crippen LogP contribution in [0.15, 0.2) is 58.9 Å². The van der Waals surface area contributed by atoms with Crippen LogP contribution in [0.3, 0.4) is 0 Å². The van der Waals surface area contributed by atoms with Gasteiger partial charge in [-0.15, -0.1) is 11.3 Å². The molecular weight excluding hydrogens is 472 g/mol. The summed E-state index contributed by atoms with van der Waals surface area (Å²) in [5.74, 6) is -2.61. The standard InChI is InChI=1S/C25H22N2O7S/c1-3-34-25(32)20-18(14-6-10-16(29)11-7-14)19(24(31)33-2)21(26)27-22(30)17(35-23(20)27)12-13-4-8-15(28)9-5-13/h4-12,18,28-29H,3,26H2,1-2H3/b17-12-/t18-/m1/s1. The van der Waals surface area contributed by atoms with Crippen LogP contribution in [0.1, 0.15) is 24.0 Å². The molecule has 35 heavy (non-hydrogen) atoms. The number of rotatable bonds is 5. The highest BCUT2D eigenvalue weighted by molar-refractivity contribution is 7.07. The van der Waals surface area contributed by atoms with Gasteiger partial charge in [0.25, 0.3) is 5.56 Å². The lowest BCUT2D eigenvalue weighted by atomic mass is 9.83. The molecule has 0 aliphatic carbocycles. The van der Waals surface area contributed by atoms with E-state index in [2.05, 4.69) is 0 Å². The molecule has 1 atom stereocenters. The number of phenols is 2. The van der Waals surface area contributed by atoms with Crippen molar-refractivity contribution in [1.82, 2.24) is 4.57 Å². The van der Waals surface area contributed by atoms with Crippen molar-refractivity contribution in [2.24, 2.45) is 5.73 Å². The Balaban J connectivity index is 2.11. The summed E-state index contributed by atoms with van der Waals surface area (Å²) >= 11 is 1.03. The molecule has 1 aliphatic heterocycles. The molecular formula is C25H22N2O7S. The third-order valence-corrected chi connectivity index (χ3v) is 6.57. The number of carbonyl (C=O) groups is 2. The van der Waals surface area contributed by atoms with E-state index in [-0.39, 0.29) is 44.3 Å². The summed E-state index contributed by atoms with van der Waals surface area (Å²) in [7, 11) is 1.18. The molecule has 0 spiro atoms. The number of carbonyl (C=O) groups excluding carboxylic acids is 2. The summed E-state index contributed by atoms with van der Waals surface area (Å²) in [6.45, 7) is 1.72. The van der Waals surface area contributed by atoms with Crippen LogP contribution in [0.2, 0.25) is 0 Å². The summed E-state index contributed by atoms with van der Waals surface area (Å²) in [5.41, 5.74) is 6.93. The first kappa shape index (κ1) is 23.8. The van der Waals surface area contributed by atoms with Gasteiger partial charge in [0, 0.05) is 0 Å². The van der Waals surface area contributed by atoms with Gasteiger partial charge in [-0.25, -0.2) is 9.59 Å².